The van der Waals surface area contributed by atoms with E-state index in [-0.39, 0.29) is 22.6 Å². The van der Waals surface area contributed by atoms with Crippen molar-refractivity contribution in [1.82, 2.24) is 19.2 Å². The first-order valence-corrected chi connectivity index (χ1v) is 13.8. The number of rotatable bonds is 8. The molecule has 33 heavy (non-hydrogen) atoms. The second-order valence-corrected chi connectivity index (χ2v) is 11.1. The first kappa shape index (κ1) is 23.8. The van der Waals surface area contributed by atoms with E-state index in [9.17, 15) is 13.2 Å². The molecule has 2 aromatic carbocycles. The monoisotopic (exact) mass is 486 g/mol. The van der Waals surface area contributed by atoms with Crippen LogP contribution in [0.15, 0.2) is 58.6 Å². The van der Waals surface area contributed by atoms with Crippen LogP contribution in [0.5, 0.6) is 0 Å². The van der Waals surface area contributed by atoms with Gasteiger partial charge >= 0.3 is 0 Å². The lowest BCUT2D eigenvalue weighted by Crippen LogP contribution is -2.35. The number of hydrogen-bond acceptors (Lipinski definition) is 5. The fourth-order valence-electron chi connectivity index (χ4n) is 4.16. The molecule has 9 heteroatoms. The Balaban J connectivity index is 1.49. The highest BCUT2D eigenvalue weighted by Gasteiger charge is 2.26. The highest BCUT2D eigenvalue weighted by molar-refractivity contribution is 7.99. The predicted molar refractivity (Wildman–Crippen MR) is 132 cm³/mol. The Bertz CT molecular complexity index is 1220. The summed E-state index contributed by atoms with van der Waals surface area (Å²) in [5, 5.41) is 3.73. The van der Waals surface area contributed by atoms with Crippen LogP contribution in [0, 0.1) is 0 Å². The van der Waals surface area contributed by atoms with Gasteiger partial charge in [-0.05, 0) is 50.5 Å². The summed E-state index contributed by atoms with van der Waals surface area (Å²) < 4.78 is 29.7. The molecule has 1 N–H and O–H groups in total. The summed E-state index contributed by atoms with van der Waals surface area (Å²) in [5.74, 6) is 0.166. The van der Waals surface area contributed by atoms with Crippen molar-refractivity contribution in [1.29, 1.82) is 0 Å². The van der Waals surface area contributed by atoms with Gasteiger partial charge in [0.15, 0.2) is 5.16 Å². The van der Waals surface area contributed by atoms with E-state index in [4.69, 9.17) is 0 Å². The smallest absolute Gasteiger partial charge is 0.243 e. The van der Waals surface area contributed by atoms with Gasteiger partial charge < -0.3 is 9.88 Å². The van der Waals surface area contributed by atoms with Gasteiger partial charge in [0.1, 0.15) is 0 Å². The highest BCUT2D eigenvalue weighted by Crippen LogP contribution is 2.28. The Morgan fingerprint density at radius 1 is 1.12 bits per heavy atom. The molecular weight excluding hydrogens is 456 g/mol. The number of aromatic nitrogens is 2. The van der Waals surface area contributed by atoms with Crippen molar-refractivity contribution in [2.75, 3.05) is 18.8 Å². The van der Waals surface area contributed by atoms with Crippen molar-refractivity contribution in [2.45, 2.75) is 55.7 Å². The third-order valence-corrected chi connectivity index (χ3v) is 8.83. The van der Waals surface area contributed by atoms with E-state index in [0.717, 1.165) is 30.3 Å². The summed E-state index contributed by atoms with van der Waals surface area (Å²) in [5.41, 5.74) is 2.56. The molecule has 176 valence electrons. The van der Waals surface area contributed by atoms with Crippen molar-refractivity contribution in [3.8, 4) is 0 Å². The van der Waals surface area contributed by atoms with E-state index < -0.39 is 10.0 Å². The van der Waals surface area contributed by atoms with Crippen LogP contribution in [0.25, 0.3) is 11.0 Å². The number of benzene rings is 2. The van der Waals surface area contributed by atoms with Gasteiger partial charge in [-0.15, -0.1) is 0 Å². The average molecular weight is 487 g/mol. The third-order valence-electron chi connectivity index (χ3n) is 5.96. The minimum Gasteiger partial charge on any atom is -0.349 e. The topological polar surface area (TPSA) is 84.3 Å². The molecule has 4 rings (SSSR count). The van der Waals surface area contributed by atoms with E-state index >= 15 is 0 Å². The predicted octanol–water partition coefficient (Wildman–Crippen LogP) is 4.20. The first-order chi connectivity index (χ1) is 15.9. The average Bonchev–Trinajstić information content (AvgIpc) is 3.20. The Labute approximate surface area is 199 Å². The van der Waals surface area contributed by atoms with Gasteiger partial charge in [-0.1, -0.05) is 48.5 Å². The Morgan fingerprint density at radius 3 is 2.55 bits per heavy atom. The number of nitrogens with zero attached hydrogens (tertiary/aromatic N) is 3. The molecule has 1 unspecified atom stereocenters. The number of sulfonamides is 1. The van der Waals surface area contributed by atoms with Gasteiger partial charge in [0.25, 0.3) is 0 Å². The molecule has 1 amide bonds. The Morgan fingerprint density at radius 2 is 1.85 bits per heavy atom. The van der Waals surface area contributed by atoms with Crippen molar-refractivity contribution < 1.29 is 13.2 Å². The number of carbonyl (C=O) groups excluding carboxylic acids is 1. The zero-order chi connectivity index (χ0) is 23.4. The van der Waals surface area contributed by atoms with Crippen molar-refractivity contribution in [2.24, 2.45) is 0 Å². The lowest BCUT2D eigenvalue weighted by Gasteiger charge is -2.25. The standard InChI is InChI=1S/C24H30N4O3S2/c1-3-28-22-13-12-20(33(30,31)27-14-8-5-9-15-27)16-21(22)26-24(28)32-17-23(29)25-18(2)19-10-6-4-7-11-19/h4,6-7,10-13,16,18H,3,5,8-9,14-15,17H2,1-2H3,(H,25,29). The summed E-state index contributed by atoms with van der Waals surface area (Å²) in [4.78, 5) is 17.5. The molecule has 0 bridgehead atoms. The fourth-order valence-corrected chi connectivity index (χ4v) is 6.58. The summed E-state index contributed by atoms with van der Waals surface area (Å²) in [6.07, 6.45) is 2.87. The van der Waals surface area contributed by atoms with E-state index in [2.05, 4.69) is 10.3 Å². The molecule has 1 aromatic heterocycles. The molecule has 0 aliphatic carbocycles. The molecule has 0 radical (unpaired) electrons. The molecule has 0 saturated carbocycles. The number of aryl methyl sites for hydroxylation is 1. The van der Waals surface area contributed by atoms with Gasteiger partial charge in [0, 0.05) is 19.6 Å². The molecule has 7 nitrogen and oxygen atoms in total. The highest BCUT2D eigenvalue weighted by atomic mass is 32.2. The SMILES string of the molecule is CCn1c(SCC(=O)NC(C)c2ccccc2)nc2cc(S(=O)(=O)N3CCCCC3)ccc21. The van der Waals surface area contributed by atoms with E-state index in [1.165, 1.54) is 11.8 Å². The number of amides is 1. The maximum atomic E-state index is 13.1. The molecule has 1 aliphatic heterocycles. The number of thioether (sulfide) groups is 1. The maximum absolute atomic E-state index is 13.1. The maximum Gasteiger partial charge on any atom is 0.243 e. The second kappa shape index (κ2) is 10.3. The van der Waals surface area contributed by atoms with E-state index in [1.807, 2.05) is 54.8 Å². The zero-order valence-corrected chi connectivity index (χ0v) is 20.7. The van der Waals surface area contributed by atoms with Gasteiger partial charge in [-0.25, -0.2) is 13.4 Å². The molecule has 1 aliphatic rings. The summed E-state index contributed by atoms with van der Waals surface area (Å²) in [6.45, 7) is 5.80. The minimum atomic E-state index is -3.52. The normalized spacial score (nSPS) is 16.1. The number of carbonyl (C=O) groups is 1. The van der Waals surface area contributed by atoms with Crippen molar-refractivity contribution in [3.05, 3.63) is 54.1 Å². The van der Waals surface area contributed by atoms with Gasteiger partial charge in [-0.3, -0.25) is 4.79 Å². The Hall–Kier alpha value is -2.36. The van der Waals surface area contributed by atoms with Crippen molar-refractivity contribution >= 4 is 38.7 Å². The third kappa shape index (κ3) is 5.26. The van der Waals surface area contributed by atoms with E-state index in [1.54, 1.807) is 16.4 Å². The van der Waals surface area contributed by atoms with Crippen LogP contribution >= 0.6 is 11.8 Å². The van der Waals surface area contributed by atoms with Crippen LogP contribution in [0.2, 0.25) is 0 Å². The lowest BCUT2D eigenvalue weighted by molar-refractivity contribution is -0.119. The van der Waals surface area contributed by atoms with Crippen molar-refractivity contribution in [3.63, 3.8) is 0 Å². The molecule has 0 spiro atoms. The Kier molecular flexibility index (Phi) is 7.41. The quantitative estimate of drug-likeness (QED) is 0.483. The number of nitrogens with one attached hydrogen (secondary N) is 1. The van der Waals surface area contributed by atoms with Gasteiger partial charge in [0.2, 0.25) is 15.9 Å². The molecule has 3 aromatic rings. The molecular formula is C24H30N4O3S2. The van der Waals surface area contributed by atoms with Crippen LogP contribution in [-0.2, 0) is 21.4 Å². The molecule has 1 atom stereocenters. The number of fused-ring (bicyclic) bond motifs is 1. The number of piperidine rings is 1. The van der Waals surface area contributed by atoms with Gasteiger partial charge in [-0.2, -0.15) is 4.31 Å². The van der Waals surface area contributed by atoms with Crippen LogP contribution < -0.4 is 5.32 Å². The molecule has 1 fully saturated rings. The molecule has 2 heterocycles. The summed E-state index contributed by atoms with van der Waals surface area (Å²) >= 11 is 1.36. The first-order valence-electron chi connectivity index (χ1n) is 11.4. The fraction of sp³-hybridized carbons (Fsp3) is 0.417. The van der Waals surface area contributed by atoms with Gasteiger partial charge in [0.05, 0.1) is 27.7 Å². The van der Waals surface area contributed by atoms with Crippen LogP contribution in [0.1, 0.15) is 44.7 Å². The van der Waals surface area contributed by atoms with Crippen LogP contribution in [-0.4, -0.2) is 47.0 Å². The number of hydrogen-bond donors (Lipinski definition) is 1. The summed E-state index contributed by atoms with van der Waals surface area (Å²) in [7, 11) is -3.52. The van der Waals surface area contributed by atoms with Crippen LogP contribution in [0.3, 0.4) is 0 Å². The second-order valence-electron chi connectivity index (χ2n) is 8.24. The minimum absolute atomic E-state index is 0.0700. The largest absolute Gasteiger partial charge is 0.349 e. The summed E-state index contributed by atoms with van der Waals surface area (Å²) in [6, 6.07) is 14.9. The zero-order valence-electron chi connectivity index (χ0n) is 19.0. The van der Waals surface area contributed by atoms with E-state index in [0.29, 0.717) is 30.3 Å². The van der Waals surface area contributed by atoms with Crippen LogP contribution in [0.4, 0.5) is 0 Å². The molecule has 1 saturated heterocycles. The lowest BCUT2D eigenvalue weighted by atomic mass is 10.1. The number of imidazole rings is 1.